The standard InChI is InChI=1S/C23H20F2N4O/c1-16-14-26-29(15-18-13-19(24)6-9-21(18)25)23(16)27-22(30)12-17-4-7-20(8-5-17)28-10-2-3-11-28/h2-11,13-14H,12,15H2,1H3,(H,27,30). The average molecular weight is 406 g/mol. The van der Waals surface area contributed by atoms with E-state index >= 15 is 0 Å². The van der Waals surface area contributed by atoms with Crippen molar-refractivity contribution in [1.29, 1.82) is 0 Å². The van der Waals surface area contributed by atoms with Gasteiger partial charge in [-0.25, -0.2) is 13.5 Å². The number of nitrogens with zero attached hydrogens (tertiary/aromatic N) is 3. The molecule has 0 bridgehead atoms. The zero-order valence-electron chi connectivity index (χ0n) is 16.3. The number of nitrogens with one attached hydrogen (secondary N) is 1. The van der Waals surface area contributed by atoms with Gasteiger partial charge >= 0.3 is 0 Å². The Balaban J connectivity index is 1.46. The summed E-state index contributed by atoms with van der Waals surface area (Å²) in [6.07, 6.45) is 5.67. The molecule has 0 radical (unpaired) electrons. The molecule has 30 heavy (non-hydrogen) atoms. The number of anilines is 1. The third-order valence-corrected chi connectivity index (χ3v) is 4.81. The molecule has 0 saturated carbocycles. The van der Waals surface area contributed by atoms with Crippen LogP contribution in [0.3, 0.4) is 0 Å². The first kappa shape index (κ1) is 19.6. The number of aryl methyl sites for hydroxylation is 1. The smallest absolute Gasteiger partial charge is 0.229 e. The summed E-state index contributed by atoms with van der Waals surface area (Å²) in [6.45, 7) is 1.81. The van der Waals surface area contributed by atoms with E-state index in [0.29, 0.717) is 5.82 Å². The minimum absolute atomic E-state index is 0.0125. The largest absolute Gasteiger partial charge is 0.324 e. The quantitative estimate of drug-likeness (QED) is 0.513. The number of carbonyl (C=O) groups is 1. The van der Waals surface area contributed by atoms with E-state index in [0.717, 1.165) is 35.0 Å². The van der Waals surface area contributed by atoms with Crippen molar-refractivity contribution in [3.63, 3.8) is 0 Å². The first-order valence-corrected chi connectivity index (χ1v) is 9.48. The molecule has 2 heterocycles. The molecule has 0 aliphatic heterocycles. The summed E-state index contributed by atoms with van der Waals surface area (Å²) in [5, 5.41) is 7.04. The van der Waals surface area contributed by atoms with Crippen molar-refractivity contribution < 1.29 is 13.6 Å². The molecule has 0 atom stereocenters. The molecule has 0 saturated heterocycles. The van der Waals surface area contributed by atoms with Crippen molar-refractivity contribution >= 4 is 11.7 Å². The summed E-state index contributed by atoms with van der Waals surface area (Å²) in [7, 11) is 0. The van der Waals surface area contributed by atoms with E-state index in [1.807, 2.05) is 53.4 Å². The van der Waals surface area contributed by atoms with Gasteiger partial charge in [-0.15, -0.1) is 0 Å². The zero-order valence-corrected chi connectivity index (χ0v) is 16.3. The first-order chi connectivity index (χ1) is 14.5. The molecule has 0 aliphatic rings. The van der Waals surface area contributed by atoms with Crippen molar-refractivity contribution in [2.45, 2.75) is 19.9 Å². The Hall–Kier alpha value is -3.74. The molecule has 2 aromatic heterocycles. The SMILES string of the molecule is Cc1cnn(Cc2cc(F)ccc2F)c1NC(=O)Cc1ccc(-n2cccc2)cc1. The summed E-state index contributed by atoms with van der Waals surface area (Å²) in [6, 6.07) is 14.9. The van der Waals surface area contributed by atoms with Crippen LogP contribution < -0.4 is 5.32 Å². The van der Waals surface area contributed by atoms with Crippen molar-refractivity contribution in [2.24, 2.45) is 0 Å². The predicted octanol–water partition coefficient (Wildman–Crippen LogP) is 4.49. The average Bonchev–Trinajstić information content (AvgIpc) is 3.37. The third kappa shape index (κ3) is 4.30. The summed E-state index contributed by atoms with van der Waals surface area (Å²) in [5.74, 6) is -0.797. The molecule has 5 nitrogen and oxygen atoms in total. The van der Waals surface area contributed by atoms with E-state index in [1.54, 1.807) is 13.1 Å². The lowest BCUT2D eigenvalue weighted by Gasteiger charge is -2.11. The van der Waals surface area contributed by atoms with Gasteiger partial charge in [-0.2, -0.15) is 5.10 Å². The predicted molar refractivity (Wildman–Crippen MR) is 111 cm³/mol. The molecular weight excluding hydrogens is 386 g/mol. The molecule has 1 N–H and O–H groups in total. The van der Waals surface area contributed by atoms with Crippen molar-refractivity contribution in [3.8, 4) is 5.69 Å². The third-order valence-electron chi connectivity index (χ3n) is 4.81. The zero-order chi connectivity index (χ0) is 21.1. The van der Waals surface area contributed by atoms with Gasteiger partial charge < -0.3 is 9.88 Å². The Morgan fingerprint density at radius 2 is 1.80 bits per heavy atom. The van der Waals surface area contributed by atoms with Gasteiger partial charge in [-0.1, -0.05) is 12.1 Å². The van der Waals surface area contributed by atoms with E-state index in [9.17, 15) is 13.6 Å². The fourth-order valence-corrected chi connectivity index (χ4v) is 3.24. The minimum Gasteiger partial charge on any atom is -0.324 e. The Kier molecular flexibility index (Phi) is 5.43. The normalized spacial score (nSPS) is 10.9. The number of benzene rings is 2. The fraction of sp³-hybridized carbons (Fsp3) is 0.130. The molecule has 0 spiro atoms. The second-order valence-electron chi connectivity index (χ2n) is 7.05. The molecule has 1 amide bonds. The topological polar surface area (TPSA) is 51.9 Å². The number of amides is 1. The van der Waals surface area contributed by atoms with Crippen LogP contribution in [0.25, 0.3) is 5.69 Å². The molecule has 0 aliphatic carbocycles. The molecule has 0 fully saturated rings. The summed E-state index contributed by atoms with van der Waals surface area (Å²) >= 11 is 0. The Labute approximate surface area is 172 Å². The lowest BCUT2D eigenvalue weighted by Crippen LogP contribution is -2.19. The Morgan fingerprint density at radius 1 is 1.07 bits per heavy atom. The number of halogens is 2. The summed E-state index contributed by atoms with van der Waals surface area (Å²) in [4.78, 5) is 12.6. The van der Waals surface area contributed by atoms with E-state index in [-0.39, 0.29) is 24.4 Å². The molecular formula is C23H20F2N4O. The minimum atomic E-state index is -0.524. The Bertz CT molecular complexity index is 1160. The molecule has 2 aromatic carbocycles. The van der Waals surface area contributed by atoms with Crippen molar-refractivity contribution in [1.82, 2.24) is 14.3 Å². The fourth-order valence-electron chi connectivity index (χ4n) is 3.24. The highest BCUT2D eigenvalue weighted by atomic mass is 19.1. The summed E-state index contributed by atoms with van der Waals surface area (Å²) in [5.41, 5.74) is 2.77. The van der Waals surface area contributed by atoms with Crippen molar-refractivity contribution in [2.75, 3.05) is 5.32 Å². The van der Waals surface area contributed by atoms with E-state index in [4.69, 9.17) is 0 Å². The van der Waals surface area contributed by atoms with Crippen molar-refractivity contribution in [3.05, 3.63) is 102 Å². The van der Waals surface area contributed by atoms with Gasteiger partial charge in [0.2, 0.25) is 5.91 Å². The molecule has 4 aromatic rings. The maximum absolute atomic E-state index is 14.0. The van der Waals surface area contributed by atoms with Gasteiger partial charge in [-0.3, -0.25) is 4.79 Å². The van der Waals surface area contributed by atoms with Crippen LogP contribution in [0.15, 0.2) is 73.2 Å². The highest BCUT2D eigenvalue weighted by Gasteiger charge is 2.14. The molecule has 0 unspecified atom stereocenters. The Morgan fingerprint density at radius 3 is 2.53 bits per heavy atom. The van der Waals surface area contributed by atoms with Gasteiger partial charge in [0.15, 0.2) is 0 Å². The monoisotopic (exact) mass is 406 g/mol. The maximum Gasteiger partial charge on any atom is 0.229 e. The van der Waals surface area contributed by atoms with Gasteiger partial charge in [-0.05, 0) is 55.0 Å². The second-order valence-corrected chi connectivity index (χ2v) is 7.05. The highest BCUT2D eigenvalue weighted by Crippen LogP contribution is 2.19. The van der Waals surface area contributed by atoms with Crippen LogP contribution in [0.4, 0.5) is 14.6 Å². The van der Waals surface area contributed by atoms with Crippen LogP contribution in [-0.2, 0) is 17.8 Å². The van der Waals surface area contributed by atoms with Gasteiger partial charge in [0, 0.05) is 29.2 Å². The molecule has 152 valence electrons. The lowest BCUT2D eigenvalue weighted by molar-refractivity contribution is -0.115. The number of hydrogen-bond acceptors (Lipinski definition) is 2. The van der Waals surface area contributed by atoms with E-state index < -0.39 is 11.6 Å². The number of rotatable bonds is 6. The van der Waals surface area contributed by atoms with Gasteiger partial charge in [0.05, 0.1) is 19.2 Å². The van der Waals surface area contributed by atoms with Crippen LogP contribution in [0.1, 0.15) is 16.7 Å². The van der Waals surface area contributed by atoms with Crippen LogP contribution >= 0.6 is 0 Å². The van der Waals surface area contributed by atoms with Crippen LogP contribution in [0.5, 0.6) is 0 Å². The summed E-state index contributed by atoms with van der Waals surface area (Å²) < 4.78 is 30.9. The lowest BCUT2D eigenvalue weighted by atomic mass is 10.1. The van der Waals surface area contributed by atoms with Gasteiger partial charge in [0.25, 0.3) is 0 Å². The van der Waals surface area contributed by atoms with E-state index in [1.165, 1.54) is 4.68 Å². The number of carbonyl (C=O) groups excluding carboxylic acids is 1. The second kappa shape index (κ2) is 8.32. The van der Waals surface area contributed by atoms with Crippen LogP contribution in [-0.4, -0.2) is 20.3 Å². The van der Waals surface area contributed by atoms with Gasteiger partial charge in [0.1, 0.15) is 17.5 Å². The number of aromatic nitrogens is 3. The first-order valence-electron chi connectivity index (χ1n) is 9.48. The van der Waals surface area contributed by atoms with E-state index in [2.05, 4.69) is 10.4 Å². The maximum atomic E-state index is 14.0. The molecule has 4 rings (SSSR count). The highest BCUT2D eigenvalue weighted by molar-refractivity contribution is 5.92. The van der Waals surface area contributed by atoms with Crippen LogP contribution in [0.2, 0.25) is 0 Å². The number of hydrogen-bond donors (Lipinski definition) is 1. The van der Waals surface area contributed by atoms with Crippen LogP contribution in [0, 0.1) is 18.6 Å². The molecule has 7 heteroatoms.